The lowest BCUT2D eigenvalue weighted by molar-refractivity contribution is -0.146. The topological polar surface area (TPSA) is 68.7 Å². The highest BCUT2D eigenvalue weighted by atomic mass is 16.5. The number of para-hydroxylation sites is 1. The fraction of sp³-hybridized carbons (Fsp3) is 0.310. The quantitative estimate of drug-likeness (QED) is 0.250. The summed E-state index contributed by atoms with van der Waals surface area (Å²) >= 11 is 0. The number of esters is 1. The van der Waals surface area contributed by atoms with E-state index in [2.05, 4.69) is 36.7 Å². The molecule has 2 aromatic carbocycles. The number of carbonyl (C=O) groups excluding carboxylic acids is 1. The molecule has 0 spiro atoms. The van der Waals surface area contributed by atoms with E-state index in [0.717, 1.165) is 52.4 Å². The molecule has 1 N–H and O–H groups in total. The molecular formula is C29H33NO4. The molecule has 0 aliphatic heterocycles. The van der Waals surface area contributed by atoms with Gasteiger partial charge in [-0.05, 0) is 53.8 Å². The van der Waals surface area contributed by atoms with Gasteiger partial charge in [0.2, 0.25) is 0 Å². The Kier molecular flexibility index (Phi) is 9.41. The first-order chi connectivity index (χ1) is 16.5. The number of carbonyl (C=O) groups is 1. The van der Waals surface area contributed by atoms with Crippen LogP contribution in [-0.2, 0) is 9.53 Å². The van der Waals surface area contributed by atoms with E-state index in [0.29, 0.717) is 12.2 Å². The predicted octanol–water partition coefficient (Wildman–Crippen LogP) is 6.43. The Hall–Kier alpha value is -3.44. The summed E-state index contributed by atoms with van der Waals surface area (Å²) in [6.07, 6.45) is 7.09. The van der Waals surface area contributed by atoms with Gasteiger partial charge in [-0.2, -0.15) is 0 Å². The summed E-state index contributed by atoms with van der Waals surface area (Å²) in [4.78, 5) is 16.5. The third-order valence-electron chi connectivity index (χ3n) is 5.57. The lowest BCUT2D eigenvalue weighted by Crippen LogP contribution is -2.08. The molecule has 3 rings (SSSR count). The van der Waals surface area contributed by atoms with Crippen LogP contribution in [0.3, 0.4) is 0 Å². The van der Waals surface area contributed by atoms with Crippen LogP contribution in [0.5, 0.6) is 5.75 Å². The lowest BCUT2D eigenvalue weighted by Gasteiger charge is -2.18. The molecule has 5 heteroatoms. The lowest BCUT2D eigenvalue weighted by atomic mass is 9.93. The fourth-order valence-electron chi connectivity index (χ4n) is 3.83. The van der Waals surface area contributed by atoms with Gasteiger partial charge in [0.15, 0.2) is 0 Å². The van der Waals surface area contributed by atoms with Crippen molar-refractivity contribution in [2.24, 2.45) is 0 Å². The Morgan fingerprint density at radius 3 is 2.65 bits per heavy atom. The highest BCUT2D eigenvalue weighted by Crippen LogP contribution is 2.31. The number of hydrogen-bond donors (Lipinski definition) is 1. The maximum absolute atomic E-state index is 11.8. The molecule has 178 valence electrons. The number of hydrogen-bond acceptors (Lipinski definition) is 5. The molecule has 0 amide bonds. The van der Waals surface area contributed by atoms with Crippen LogP contribution in [0.2, 0.25) is 0 Å². The van der Waals surface area contributed by atoms with Gasteiger partial charge in [-0.15, -0.1) is 0 Å². The van der Waals surface area contributed by atoms with Gasteiger partial charge in [0, 0.05) is 30.5 Å². The van der Waals surface area contributed by atoms with Gasteiger partial charge in [0.25, 0.3) is 0 Å². The van der Waals surface area contributed by atoms with E-state index in [-0.39, 0.29) is 19.2 Å². The van der Waals surface area contributed by atoms with Gasteiger partial charge in [-0.25, -0.2) is 0 Å². The number of aromatic nitrogens is 1. The van der Waals surface area contributed by atoms with Gasteiger partial charge < -0.3 is 14.6 Å². The summed E-state index contributed by atoms with van der Waals surface area (Å²) in [7, 11) is 0. The minimum Gasteiger partial charge on any atom is -0.491 e. The summed E-state index contributed by atoms with van der Waals surface area (Å²) in [6.45, 7) is 8.14. The molecule has 0 bridgehead atoms. The number of ether oxygens (including phenoxy) is 2. The summed E-state index contributed by atoms with van der Waals surface area (Å²) < 4.78 is 11.1. The third kappa shape index (κ3) is 7.03. The summed E-state index contributed by atoms with van der Waals surface area (Å²) in [5, 5.41) is 10.0. The first-order valence-corrected chi connectivity index (χ1v) is 11.8. The Balaban J connectivity index is 1.91. The molecular weight excluding hydrogens is 426 g/mol. The zero-order chi connectivity index (χ0) is 24.3. The zero-order valence-electron chi connectivity index (χ0n) is 20.0. The zero-order valence-corrected chi connectivity index (χ0v) is 20.0. The van der Waals surface area contributed by atoms with E-state index in [4.69, 9.17) is 14.6 Å². The molecule has 5 nitrogen and oxygen atoms in total. The molecule has 0 saturated heterocycles. The van der Waals surface area contributed by atoms with Gasteiger partial charge >= 0.3 is 5.97 Å². The van der Waals surface area contributed by atoms with E-state index in [1.807, 2.05) is 48.7 Å². The molecule has 0 aliphatic rings. The summed E-state index contributed by atoms with van der Waals surface area (Å²) in [5.41, 5.74) is 4.91. The molecule has 1 aromatic heterocycles. The van der Waals surface area contributed by atoms with Crippen molar-refractivity contribution in [1.29, 1.82) is 0 Å². The molecule has 0 radical (unpaired) electrons. The van der Waals surface area contributed by atoms with Crippen LogP contribution in [0.4, 0.5) is 0 Å². The van der Waals surface area contributed by atoms with Gasteiger partial charge in [0.05, 0.1) is 12.1 Å². The average Bonchev–Trinajstić information content (AvgIpc) is 2.85. The number of fused-ring (bicyclic) bond motifs is 1. The van der Waals surface area contributed by atoms with E-state index < -0.39 is 6.10 Å². The SMILES string of the molecule is C=C(CCCC)/C(=C/C[C@@H](OC(C)=O)c1ccc(OCCO)cc1)c1cnc2ccccc2c1. The van der Waals surface area contributed by atoms with Crippen LogP contribution in [0, 0.1) is 0 Å². The van der Waals surface area contributed by atoms with Crippen molar-refractivity contribution in [2.45, 2.75) is 45.6 Å². The molecule has 3 aromatic rings. The number of aliphatic hydroxyl groups excluding tert-OH is 1. The second-order valence-corrected chi connectivity index (χ2v) is 8.22. The second-order valence-electron chi connectivity index (χ2n) is 8.22. The van der Waals surface area contributed by atoms with Crippen molar-refractivity contribution in [3.8, 4) is 5.75 Å². The summed E-state index contributed by atoms with van der Waals surface area (Å²) in [5.74, 6) is 0.323. The minimum atomic E-state index is -0.438. The standard InChI is InChI=1S/C29H33NO4/c1-4-5-8-21(2)27(25-19-24-9-6-7-10-28(24)30-20-25)15-16-29(34-22(3)32)23-11-13-26(14-12-23)33-18-17-31/h6-7,9-15,19-20,29,31H,2,4-5,8,16-18H2,1,3H3/b27-15-/t29-/m1/s1. The van der Waals surface area contributed by atoms with Crippen LogP contribution in [-0.4, -0.2) is 29.3 Å². The molecule has 0 unspecified atom stereocenters. The van der Waals surface area contributed by atoms with Gasteiger partial charge in [-0.3, -0.25) is 9.78 Å². The highest BCUT2D eigenvalue weighted by molar-refractivity contribution is 5.86. The van der Waals surface area contributed by atoms with Crippen LogP contribution in [0.1, 0.15) is 56.8 Å². The van der Waals surface area contributed by atoms with Crippen LogP contribution >= 0.6 is 0 Å². The van der Waals surface area contributed by atoms with Crippen LogP contribution in [0.15, 0.2) is 79.0 Å². The Morgan fingerprint density at radius 1 is 1.18 bits per heavy atom. The smallest absolute Gasteiger partial charge is 0.303 e. The van der Waals surface area contributed by atoms with Gasteiger partial charge in [-0.1, -0.05) is 56.3 Å². The monoisotopic (exact) mass is 459 g/mol. The first kappa shape index (κ1) is 25.2. The van der Waals surface area contributed by atoms with Crippen molar-refractivity contribution in [3.05, 3.63) is 90.1 Å². The molecule has 34 heavy (non-hydrogen) atoms. The minimum absolute atomic E-state index is 0.0447. The Morgan fingerprint density at radius 2 is 1.94 bits per heavy atom. The van der Waals surface area contributed by atoms with Crippen LogP contribution < -0.4 is 4.74 Å². The maximum Gasteiger partial charge on any atom is 0.303 e. The number of aliphatic hydroxyl groups is 1. The van der Waals surface area contributed by atoms with E-state index >= 15 is 0 Å². The fourth-order valence-corrected chi connectivity index (χ4v) is 3.83. The van der Waals surface area contributed by atoms with Crippen LogP contribution in [0.25, 0.3) is 16.5 Å². The number of unbranched alkanes of at least 4 members (excludes halogenated alkanes) is 1. The molecule has 0 aliphatic carbocycles. The van der Waals surface area contributed by atoms with Crippen molar-refractivity contribution in [1.82, 2.24) is 4.98 Å². The number of benzene rings is 2. The van der Waals surface area contributed by atoms with Gasteiger partial charge in [0.1, 0.15) is 18.5 Å². The first-order valence-electron chi connectivity index (χ1n) is 11.8. The second kappa shape index (κ2) is 12.7. The Bertz CT molecular complexity index is 1130. The Labute approximate surface area is 201 Å². The number of pyridine rings is 1. The normalized spacial score (nSPS) is 12.4. The molecule has 1 heterocycles. The summed E-state index contributed by atoms with van der Waals surface area (Å²) in [6, 6.07) is 17.6. The molecule has 1 atom stereocenters. The predicted molar refractivity (Wildman–Crippen MR) is 137 cm³/mol. The van der Waals surface area contributed by atoms with Crippen molar-refractivity contribution in [3.63, 3.8) is 0 Å². The van der Waals surface area contributed by atoms with E-state index in [1.165, 1.54) is 6.92 Å². The van der Waals surface area contributed by atoms with E-state index in [9.17, 15) is 4.79 Å². The van der Waals surface area contributed by atoms with Crippen molar-refractivity contribution >= 4 is 22.4 Å². The molecule has 0 saturated carbocycles. The van der Waals surface area contributed by atoms with Crippen molar-refractivity contribution < 1.29 is 19.4 Å². The third-order valence-corrected chi connectivity index (χ3v) is 5.57. The van der Waals surface area contributed by atoms with E-state index in [1.54, 1.807) is 0 Å². The maximum atomic E-state index is 11.8. The number of allylic oxidation sites excluding steroid dienone is 2. The number of rotatable bonds is 12. The van der Waals surface area contributed by atoms with Crippen molar-refractivity contribution in [2.75, 3.05) is 13.2 Å². The highest BCUT2D eigenvalue weighted by Gasteiger charge is 2.16. The number of nitrogens with zero attached hydrogens (tertiary/aromatic N) is 1. The molecule has 0 fully saturated rings. The largest absolute Gasteiger partial charge is 0.491 e. The average molecular weight is 460 g/mol.